The average molecular weight is 680 g/mol. The maximum atomic E-state index is 12.9. The van der Waals surface area contributed by atoms with Crippen molar-refractivity contribution in [3.05, 3.63) is 74.1 Å². The van der Waals surface area contributed by atoms with Gasteiger partial charge in [-0.3, -0.25) is 0 Å². The van der Waals surface area contributed by atoms with Crippen molar-refractivity contribution < 1.29 is 23.8 Å². The molecule has 31 heavy (non-hydrogen) atoms. The van der Waals surface area contributed by atoms with E-state index in [1.165, 1.54) is 0 Å². The number of aliphatic hydroxyl groups is 1. The third-order valence-corrected chi connectivity index (χ3v) is 7.09. The lowest BCUT2D eigenvalue weighted by Crippen LogP contribution is -2.26. The largest absolute Gasteiger partial charge is 0.507 e. The molecule has 0 aliphatic carbocycles. The zero-order chi connectivity index (χ0) is 22.2. The van der Waals surface area contributed by atoms with E-state index in [4.69, 9.17) is 13.6 Å². The fourth-order valence-corrected chi connectivity index (χ4v) is 6.35. The molecule has 2 aromatic heterocycles. The van der Waals surface area contributed by atoms with Crippen LogP contribution < -0.4 is 16.0 Å². The van der Waals surface area contributed by atoms with Crippen LogP contribution in [0.15, 0.2) is 60.6 Å². The van der Waals surface area contributed by atoms with Crippen LogP contribution in [0.5, 0.6) is 11.5 Å². The van der Waals surface area contributed by atoms with Gasteiger partial charge >= 0.3 is 11.3 Å². The maximum absolute atomic E-state index is 12.9. The van der Waals surface area contributed by atoms with E-state index in [9.17, 15) is 19.8 Å². The number of hydrogen-bond donors (Lipinski definition) is 2. The van der Waals surface area contributed by atoms with Crippen LogP contribution in [-0.4, -0.2) is 16.5 Å². The average Bonchev–Trinajstić information content (AvgIpc) is 3.02. The summed E-state index contributed by atoms with van der Waals surface area (Å²) in [5, 5.41) is 22.3. The lowest BCUT2D eigenvalue weighted by Gasteiger charge is -2.15. The van der Waals surface area contributed by atoms with Crippen molar-refractivity contribution in [2.24, 2.45) is 0 Å². The highest BCUT2D eigenvalue weighted by Crippen LogP contribution is 2.47. The summed E-state index contributed by atoms with van der Waals surface area (Å²) in [6.07, 6.45) is -1.62. The Hall–Kier alpha value is -1.66. The summed E-state index contributed by atoms with van der Waals surface area (Å²) in [4.78, 5) is 25.7. The van der Waals surface area contributed by atoms with Gasteiger partial charge in [0.2, 0.25) is 6.29 Å². The van der Waals surface area contributed by atoms with Crippen molar-refractivity contribution >= 4 is 85.7 Å². The van der Waals surface area contributed by atoms with Gasteiger partial charge in [0, 0.05) is 8.95 Å². The lowest BCUT2D eigenvalue weighted by atomic mass is 9.92. The number of ether oxygens (including phenoxy) is 1. The quantitative estimate of drug-likeness (QED) is 0.256. The van der Waals surface area contributed by atoms with E-state index in [2.05, 4.69) is 63.7 Å². The molecule has 0 radical (unpaired) electrons. The van der Waals surface area contributed by atoms with Crippen LogP contribution in [0, 0.1) is 0 Å². The van der Waals surface area contributed by atoms with Gasteiger partial charge < -0.3 is 23.8 Å². The third-order valence-electron chi connectivity index (χ3n) is 4.99. The predicted molar refractivity (Wildman–Crippen MR) is 126 cm³/mol. The Balaban J connectivity index is 1.86. The Labute approximate surface area is 206 Å². The number of halogens is 4. The highest BCUT2D eigenvalue weighted by molar-refractivity contribution is 9.11. The van der Waals surface area contributed by atoms with Crippen molar-refractivity contribution in [3.8, 4) is 11.5 Å². The number of aliphatic hydroxyl groups excluding tert-OH is 1. The molecule has 2 atom stereocenters. The minimum Gasteiger partial charge on any atom is -0.507 e. The Morgan fingerprint density at radius 3 is 1.90 bits per heavy atom. The predicted octanol–water partition coefficient (Wildman–Crippen LogP) is 5.50. The molecule has 2 aromatic carbocycles. The highest BCUT2D eigenvalue weighted by Gasteiger charge is 2.43. The van der Waals surface area contributed by atoms with Gasteiger partial charge in [-0.05, 0) is 56.1 Å². The van der Waals surface area contributed by atoms with Crippen LogP contribution in [0.2, 0.25) is 0 Å². The molecule has 1 aliphatic heterocycles. The number of fused-ring (bicyclic) bond motifs is 4. The van der Waals surface area contributed by atoms with Crippen molar-refractivity contribution in [3.63, 3.8) is 0 Å². The summed E-state index contributed by atoms with van der Waals surface area (Å²) in [5.74, 6) is -1.67. The fraction of sp³-hybridized carbons (Fsp3) is 0.100. The second kappa shape index (κ2) is 7.45. The van der Waals surface area contributed by atoms with E-state index in [-0.39, 0.29) is 33.4 Å². The molecule has 3 heterocycles. The summed E-state index contributed by atoms with van der Waals surface area (Å²) >= 11 is 13.3. The molecule has 7 nitrogen and oxygen atoms in total. The second-order valence-corrected chi connectivity index (χ2v) is 10.3. The Morgan fingerprint density at radius 2 is 1.29 bits per heavy atom. The van der Waals surface area contributed by atoms with Crippen molar-refractivity contribution in [2.45, 2.75) is 12.2 Å². The summed E-state index contributed by atoms with van der Waals surface area (Å²) in [5.41, 5.74) is -1.75. The molecule has 2 unspecified atom stereocenters. The van der Waals surface area contributed by atoms with E-state index in [1.54, 1.807) is 24.3 Å². The molecule has 5 rings (SSSR count). The summed E-state index contributed by atoms with van der Waals surface area (Å²) in [7, 11) is 0. The first-order chi connectivity index (χ1) is 14.7. The highest BCUT2D eigenvalue weighted by atomic mass is 79.9. The smallest absolute Gasteiger partial charge is 0.344 e. The molecule has 0 saturated heterocycles. The Morgan fingerprint density at radius 1 is 0.774 bits per heavy atom. The van der Waals surface area contributed by atoms with Gasteiger partial charge in [-0.25, -0.2) is 9.59 Å². The monoisotopic (exact) mass is 676 g/mol. The van der Waals surface area contributed by atoms with Crippen molar-refractivity contribution in [1.29, 1.82) is 0 Å². The van der Waals surface area contributed by atoms with E-state index in [1.807, 2.05) is 0 Å². The van der Waals surface area contributed by atoms with Crippen molar-refractivity contribution in [2.75, 3.05) is 0 Å². The molecule has 0 saturated carbocycles. The molecular formula is C20H8Br4O7. The Bertz CT molecular complexity index is 1540. The molecule has 2 N–H and O–H groups in total. The van der Waals surface area contributed by atoms with Crippen LogP contribution in [0.1, 0.15) is 17.0 Å². The zero-order valence-electron chi connectivity index (χ0n) is 14.9. The van der Waals surface area contributed by atoms with E-state index < -0.39 is 29.2 Å². The van der Waals surface area contributed by atoms with Gasteiger partial charge in [-0.2, -0.15) is 0 Å². The summed E-state index contributed by atoms with van der Waals surface area (Å²) < 4.78 is 18.7. The molecule has 4 aromatic rings. The van der Waals surface area contributed by atoms with Crippen LogP contribution in [0.3, 0.4) is 0 Å². The topological polar surface area (TPSA) is 110 Å². The first-order valence-electron chi connectivity index (χ1n) is 8.62. The number of hydrogen-bond acceptors (Lipinski definition) is 7. The van der Waals surface area contributed by atoms with Gasteiger partial charge in [-0.1, -0.05) is 31.9 Å². The van der Waals surface area contributed by atoms with Gasteiger partial charge in [-0.15, -0.1) is 0 Å². The van der Waals surface area contributed by atoms with Gasteiger partial charge in [0.1, 0.15) is 11.5 Å². The zero-order valence-corrected chi connectivity index (χ0v) is 21.3. The maximum Gasteiger partial charge on any atom is 0.344 e. The molecular weight excluding hydrogens is 672 g/mol. The van der Waals surface area contributed by atoms with Crippen LogP contribution in [0.25, 0.3) is 21.9 Å². The minimum absolute atomic E-state index is 0.0695. The Kier molecular flexibility index (Phi) is 5.09. The van der Waals surface area contributed by atoms with E-state index >= 15 is 0 Å². The van der Waals surface area contributed by atoms with E-state index in [0.717, 1.165) is 0 Å². The molecule has 158 valence electrons. The minimum atomic E-state index is -1.62. The van der Waals surface area contributed by atoms with Crippen LogP contribution >= 0.6 is 63.7 Å². The standard InChI is InChI=1S/C20H8Br4O7/c21-5-1-7-14(25)12(19(27)29-15(7)9(23)3-5)11-13-17(31-18(11)26)8-2-6(22)4-10(24)16(8)30-20(13)28/h1-4,11,18,25-26H. The van der Waals surface area contributed by atoms with Crippen LogP contribution in [0.4, 0.5) is 0 Å². The summed E-state index contributed by atoms with van der Waals surface area (Å²) in [6, 6.07) is 6.57. The molecule has 11 heteroatoms. The fourth-order valence-electron chi connectivity index (χ4n) is 3.74. The van der Waals surface area contributed by atoms with Gasteiger partial charge in [0.05, 0.1) is 36.8 Å². The number of benzene rings is 2. The van der Waals surface area contributed by atoms with E-state index in [0.29, 0.717) is 23.3 Å². The first kappa shape index (κ1) is 21.2. The molecule has 0 spiro atoms. The molecule has 0 bridgehead atoms. The molecule has 1 aliphatic rings. The van der Waals surface area contributed by atoms with Crippen LogP contribution in [-0.2, 0) is 0 Å². The lowest BCUT2D eigenvalue weighted by molar-refractivity contribution is -0.00987. The third kappa shape index (κ3) is 3.20. The van der Waals surface area contributed by atoms with Gasteiger partial charge in [0.15, 0.2) is 11.2 Å². The van der Waals surface area contributed by atoms with Gasteiger partial charge in [0.25, 0.3) is 0 Å². The number of rotatable bonds is 1. The SMILES string of the molecule is O=c1oc2c(Br)cc(Br)cc2c(O)c1C1c2c(c3cc(Br)cc(Br)c3oc2=O)OC1O. The first-order valence-corrected chi connectivity index (χ1v) is 11.8. The normalized spacial score (nSPS) is 17.8. The van der Waals surface area contributed by atoms with Crippen molar-refractivity contribution in [1.82, 2.24) is 0 Å². The summed E-state index contributed by atoms with van der Waals surface area (Å²) in [6.45, 7) is 0. The molecule has 0 amide bonds. The number of aromatic hydroxyl groups is 1. The second-order valence-electron chi connectivity index (χ2n) is 6.80. The molecule has 0 fully saturated rings.